The Kier molecular flexibility index (Phi) is 8.27. The van der Waals surface area contributed by atoms with Gasteiger partial charge >= 0.3 is 0 Å². The molecule has 0 aromatic heterocycles. The standard InChI is InChI=1S/C22H36N4O2/c1-23-22(24-13-16-26-14-6-3-7-15-26)25-17-18-9-8-12-20(27-2)21(18)28-19-10-4-5-11-19/h8-9,12,19H,3-7,10-11,13-17H2,1-2H3,(H2,23,24,25). The number of hydrogen-bond donors (Lipinski definition) is 2. The highest BCUT2D eigenvalue weighted by molar-refractivity contribution is 5.79. The Balaban J connectivity index is 1.52. The van der Waals surface area contributed by atoms with Crippen molar-refractivity contribution < 1.29 is 9.47 Å². The smallest absolute Gasteiger partial charge is 0.191 e. The zero-order valence-corrected chi connectivity index (χ0v) is 17.5. The van der Waals surface area contributed by atoms with Crippen molar-refractivity contribution in [2.24, 2.45) is 4.99 Å². The van der Waals surface area contributed by atoms with E-state index in [1.54, 1.807) is 7.11 Å². The second-order valence-corrected chi connectivity index (χ2v) is 7.73. The SMILES string of the molecule is CN=C(NCCN1CCCCC1)NCc1cccc(OC)c1OC1CCCC1. The lowest BCUT2D eigenvalue weighted by atomic mass is 10.1. The van der Waals surface area contributed by atoms with Gasteiger partial charge in [0.25, 0.3) is 0 Å². The highest BCUT2D eigenvalue weighted by atomic mass is 16.5. The maximum Gasteiger partial charge on any atom is 0.191 e. The first kappa shape index (κ1) is 20.8. The molecule has 2 N–H and O–H groups in total. The van der Waals surface area contributed by atoms with E-state index in [0.717, 1.165) is 49.0 Å². The van der Waals surface area contributed by atoms with Crippen LogP contribution in [-0.4, -0.2) is 57.3 Å². The van der Waals surface area contributed by atoms with Crippen molar-refractivity contribution in [1.29, 1.82) is 0 Å². The van der Waals surface area contributed by atoms with Gasteiger partial charge in [-0.2, -0.15) is 0 Å². The van der Waals surface area contributed by atoms with Crippen LogP contribution in [0.4, 0.5) is 0 Å². The van der Waals surface area contributed by atoms with Crippen LogP contribution in [-0.2, 0) is 6.54 Å². The Morgan fingerprint density at radius 2 is 1.89 bits per heavy atom. The third kappa shape index (κ3) is 6.03. The molecule has 1 aliphatic carbocycles. The fourth-order valence-electron chi connectivity index (χ4n) is 4.08. The van der Waals surface area contributed by atoms with Gasteiger partial charge in [-0.15, -0.1) is 0 Å². The third-order valence-corrected chi connectivity index (χ3v) is 5.71. The van der Waals surface area contributed by atoms with Gasteiger partial charge in [-0.1, -0.05) is 18.6 Å². The molecule has 1 aliphatic heterocycles. The largest absolute Gasteiger partial charge is 0.493 e. The van der Waals surface area contributed by atoms with Crippen LogP contribution in [0.25, 0.3) is 0 Å². The summed E-state index contributed by atoms with van der Waals surface area (Å²) in [6, 6.07) is 6.09. The van der Waals surface area contributed by atoms with Crippen molar-refractivity contribution in [3.8, 4) is 11.5 Å². The van der Waals surface area contributed by atoms with E-state index >= 15 is 0 Å². The summed E-state index contributed by atoms with van der Waals surface area (Å²) in [6.07, 6.45) is 9.09. The van der Waals surface area contributed by atoms with Crippen LogP contribution in [0, 0.1) is 0 Å². The lowest BCUT2D eigenvalue weighted by Gasteiger charge is -2.26. The molecule has 0 bridgehead atoms. The summed E-state index contributed by atoms with van der Waals surface area (Å²) in [4.78, 5) is 6.89. The number of para-hydroxylation sites is 1. The monoisotopic (exact) mass is 388 g/mol. The minimum Gasteiger partial charge on any atom is -0.493 e. The summed E-state index contributed by atoms with van der Waals surface area (Å²) in [5, 5.41) is 6.86. The van der Waals surface area contributed by atoms with E-state index in [2.05, 4.69) is 26.6 Å². The average Bonchev–Trinajstić information content (AvgIpc) is 3.25. The minimum atomic E-state index is 0.303. The zero-order chi connectivity index (χ0) is 19.6. The fourth-order valence-corrected chi connectivity index (χ4v) is 4.08. The van der Waals surface area contributed by atoms with Crippen molar-refractivity contribution in [1.82, 2.24) is 15.5 Å². The van der Waals surface area contributed by atoms with Gasteiger partial charge in [-0.25, -0.2) is 0 Å². The molecule has 1 heterocycles. The van der Waals surface area contributed by atoms with Crippen molar-refractivity contribution >= 4 is 5.96 Å². The minimum absolute atomic E-state index is 0.303. The molecule has 0 spiro atoms. The first-order valence-corrected chi connectivity index (χ1v) is 10.8. The first-order valence-electron chi connectivity index (χ1n) is 10.8. The van der Waals surface area contributed by atoms with E-state index in [-0.39, 0.29) is 0 Å². The highest BCUT2D eigenvalue weighted by Crippen LogP contribution is 2.34. The molecule has 1 saturated carbocycles. The summed E-state index contributed by atoms with van der Waals surface area (Å²) in [6.45, 7) is 5.07. The molecule has 0 atom stereocenters. The molecule has 2 fully saturated rings. The Bertz CT molecular complexity index is 623. The van der Waals surface area contributed by atoms with Gasteiger partial charge in [-0.3, -0.25) is 4.99 Å². The second-order valence-electron chi connectivity index (χ2n) is 7.73. The topological polar surface area (TPSA) is 58.1 Å². The average molecular weight is 389 g/mol. The summed E-state index contributed by atoms with van der Waals surface area (Å²) in [7, 11) is 3.52. The van der Waals surface area contributed by atoms with Gasteiger partial charge in [0.2, 0.25) is 0 Å². The van der Waals surface area contributed by atoms with E-state index in [9.17, 15) is 0 Å². The zero-order valence-electron chi connectivity index (χ0n) is 17.5. The van der Waals surface area contributed by atoms with Gasteiger partial charge in [0.1, 0.15) is 0 Å². The van der Waals surface area contributed by atoms with Gasteiger partial charge in [0.05, 0.1) is 13.2 Å². The molecule has 6 nitrogen and oxygen atoms in total. The molecule has 2 aliphatic rings. The molecule has 6 heteroatoms. The number of piperidine rings is 1. The Hall–Kier alpha value is -1.95. The maximum absolute atomic E-state index is 6.32. The van der Waals surface area contributed by atoms with Crippen LogP contribution >= 0.6 is 0 Å². The van der Waals surface area contributed by atoms with Crippen molar-refractivity contribution in [2.75, 3.05) is 40.3 Å². The molecule has 1 aromatic carbocycles. The van der Waals surface area contributed by atoms with Gasteiger partial charge in [0, 0.05) is 32.2 Å². The molecule has 0 radical (unpaired) electrons. The molecule has 28 heavy (non-hydrogen) atoms. The Labute approximate surface area is 169 Å². The van der Waals surface area contributed by atoms with Gasteiger partial charge < -0.3 is 25.0 Å². The molecule has 0 unspecified atom stereocenters. The summed E-state index contributed by atoms with van der Waals surface area (Å²) < 4.78 is 11.9. The van der Waals surface area contributed by atoms with Crippen molar-refractivity contribution in [3.05, 3.63) is 23.8 Å². The lowest BCUT2D eigenvalue weighted by molar-refractivity contribution is 0.198. The van der Waals surface area contributed by atoms with E-state index < -0.39 is 0 Å². The van der Waals surface area contributed by atoms with Crippen LogP contribution < -0.4 is 20.1 Å². The third-order valence-electron chi connectivity index (χ3n) is 5.71. The summed E-state index contributed by atoms with van der Waals surface area (Å²) >= 11 is 0. The van der Waals surface area contributed by atoms with Crippen LogP contribution in [0.2, 0.25) is 0 Å². The maximum atomic E-state index is 6.32. The lowest BCUT2D eigenvalue weighted by Crippen LogP contribution is -2.42. The highest BCUT2D eigenvalue weighted by Gasteiger charge is 2.20. The van der Waals surface area contributed by atoms with Crippen molar-refractivity contribution in [3.63, 3.8) is 0 Å². The normalized spacial score (nSPS) is 18.9. The van der Waals surface area contributed by atoms with Crippen LogP contribution in [0.3, 0.4) is 0 Å². The molecule has 156 valence electrons. The molecule has 1 saturated heterocycles. The van der Waals surface area contributed by atoms with Crippen LogP contribution in [0.1, 0.15) is 50.5 Å². The Morgan fingerprint density at radius 1 is 1.11 bits per heavy atom. The molecule has 1 aromatic rings. The fraction of sp³-hybridized carbons (Fsp3) is 0.682. The number of nitrogens with one attached hydrogen (secondary N) is 2. The van der Waals surface area contributed by atoms with Gasteiger partial charge in [0.15, 0.2) is 17.5 Å². The molecule has 0 amide bonds. The van der Waals surface area contributed by atoms with E-state index in [4.69, 9.17) is 9.47 Å². The quantitative estimate of drug-likeness (QED) is 0.529. The van der Waals surface area contributed by atoms with Crippen molar-refractivity contribution in [2.45, 2.75) is 57.6 Å². The molecule has 3 rings (SSSR count). The number of nitrogens with zero attached hydrogens (tertiary/aromatic N) is 2. The number of hydrogen-bond acceptors (Lipinski definition) is 4. The van der Waals surface area contributed by atoms with E-state index in [1.807, 2.05) is 19.2 Å². The summed E-state index contributed by atoms with van der Waals surface area (Å²) in [5.74, 6) is 2.50. The number of ether oxygens (including phenoxy) is 2. The first-order chi connectivity index (χ1) is 13.8. The van der Waals surface area contributed by atoms with E-state index in [1.165, 1.54) is 45.2 Å². The second kappa shape index (κ2) is 11.1. The predicted molar refractivity (Wildman–Crippen MR) is 114 cm³/mol. The molecular formula is C22H36N4O2. The number of guanidine groups is 1. The van der Waals surface area contributed by atoms with Gasteiger partial charge in [-0.05, 0) is 57.7 Å². The number of benzene rings is 1. The molecular weight excluding hydrogens is 352 g/mol. The van der Waals surface area contributed by atoms with Crippen LogP contribution in [0.15, 0.2) is 23.2 Å². The predicted octanol–water partition coefficient (Wildman–Crippen LogP) is 3.17. The summed E-state index contributed by atoms with van der Waals surface area (Å²) in [5.41, 5.74) is 1.10. The van der Waals surface area contributed by atoms with E-state index in [0.29, 0.717) is 12.6 Å². The number of aliphatic imine (C=N–C) groups is 1. The Morgan fingerprint density at radius 3 is 2.61 bits per heavy atom. The number of rotatable bonds is 8. The number of likely N-dealkylation sites (tertiary alicyclic amines) is 1. The number of methoxy groups -OCH3 is 1. The van der Waals surface area contributed by atoms with Crippen LogP contribution in [0.5, 0.6) is 11.5 Å².